The van der Waals surface area contributed by atoms with Crippen molar-refractivity contribution in [3.8, 4) is 17.2 Å². The van der Waals surface area contributed by atoms with Crippen LogP contribution in [0.5, 0.6) is 17.2 Å². The van der Waals surface area contributed by atoms with E-state index in [-0.39, 0.29) is 6.79 Å². The summed E-state index contributed by atoms with van der Waals surface area (Å²) >= 11 is 0. The van der Waals surface area contributed by atoms with Crippen LogP contribution in [0.25, 0.3) is 0 Å². The fraction of sp³-hybridized carbons (Fsp3) is 0.333. The number of hydrogen-bond donors (Lipinski definition) is 1. The first-order valence-corrected chi connectivity index (χ1v) is 6.72. The molecular weight excluding hydrogens is 270 g/mol. The minimum atomic E-state index is 0.239. The molecule has 6 nitrogen and oxygen atoms in total. The largest absolute Gasteiger partial charge is 0.493 e. The summed E-state index contributed by atoms with van der Waals surface area (Å²) in [5.74, 6) is 2.87. The fourth-order valence-corrected chi connectivity index (χ4v) is 2.22. The zero-order valence-corrected chi connectivity index (χ0v) is 12.0. The SMILES string of the molecule is COc1cc(CNCc2ccnc(C)n2)cc2c1OCO2. The lowest BCUT2D eigenvalue weighted by molar-refractivity contribution is 0.171. The fourth-order valence-electron chi connectivity index (χ4n) is 2.22. The van der Waals surface area contributed by atoms with Gasteiger partial charge in [-0.25, -0.2) is 9.97 Å². The molecule has 0 spiro atoms. The van der Waals surface area contributed by atoms with Crippen molar-refractivity contribution in [1.82, 2.24) is 15.3 Å². The first kappa shape index (κ1) is 13.6. The minimum Gasteiger partial charge on any atom is -0.493 e. The van der Waals surface area contributed by atoms with Gasteiger partial charge in [0.1, 0.15) is 5.82 Å². The number of rotatable bonds is 5. The van der Waals surface area contributed by atoms with E-state index in [1.54, 1.807) is 13.3 Å². The van der Waals surface area contributed by atoms with E-state index in [1.165, 1.54) is 0 Å². The van der Waals surface area contributed by atoms with Crippen molar-refractivity contribution in [1.29, 1.82) is 0 Å². The van der Waals surface area contributed by atoms with Crippen molar-refractivity contribution in [3.05, 3.63) is 41.5 Å². The van der Waals surface area contributed by atoms with Crippen molar-refractivity contribution in [2.24, 2.45) is 0 Å². The van der Waals surface area contributed by atoms with Crippen molar-refractivity contribution < 1.29 is 14.2 Å². The first-order valence-electron chi connectivity index (χ1n) is 6.72. The predicted octanol–water partition coefficient (Wildman–Crippen LogP) is 1.81. The van der Waals surface area contributed by atoms with Gasteiger partial charge in [-0.2, -0.15) is 0 Å². The summed E-state index contributed by atoms with van der Waals surface area (Å²) in [5.41, 5.74) is 2.04. The molecule has 0 radical (unpaired) electrons. The molecule has 1 aliphatic heterocycles. The summed E-state index contributed by atoms with van der Waals surface area (Å²) in [4.78, 5) is 8.44. The zero-order valence-electron chi connectivity index (χ0n) is 12.0. The molecule has 0 atom stereocenters. The molecule has 0 amide bonds. The van der Waals surface area contributed by atoms with Crippen LogP contribution in [0.2, 0.25) is 0 Å². The van der Waals surface area contributed by atoms with Gasteiger partial charge in [-0.3, -0.25) is 0 Å². The second-order valence-electron chi connectivity index (χ2n) is 4.73. The average Bonchev–Trinajstić information content (AvgIpc) is 2.95. The molecule has 110 valence electrons. The summed E-state index contributed by atoms with van der Waals surface area (Å²) in [7, 11) is 1.62. The number of nitrogens with zero attached hydrogens (tertiary/aromatic N) is 2. The van der Waals surface area contributed by atoms with Crippen LogP contribution in [0.4, 0.5) is 0 Å². The molecule has 21 heavy (non-hydrogen) atoms. The molecule has 0 saturated carbocycles. The highest BCUT2D eigenvalue weighted by Gasteiger charge is 2.19. The Hall–Kier alpha value is -2.34. The van der Waals surface area contributed by atoms with Crippen molar-refractivity contribution >= 4 is 0 Å². The first-order chi connectivity index (χ1) is 10.3. The molecule has 0 bridgehead atoms. The maximum absolute atomic E-state index is 5.41. The van der Waals surface area contributed by atoms with Crippen molar-refractivity contribution in [2.45, 2.75) is 20.0 Å². The third-order valence-corrected chi connectivity index (χ3v) is 3.19. The van der Waals surface area contributed by atoms with Gasteiger partial charge in [-0.1, -0.05) is 0 Å². The van der Waals surface area contributed by atoms with E-state index in [0.717, 1.165) is 22.8 Å². The van der Waals surface area contributed by atoms with Gasteiger partial charge in [0.05, 0.1) is 12.8 Å². The number of benzene rings is 1. The lowest BCUT2D eigenvalue weighted by atomic mass is 10.2. The number of hydrogen-bond acceptors (Lipinski definition) is 6. The van der Waals surface area contributed by atoms with Crippen molar-refractivity contribution in [3.63, 3.8) is 0 Å². The molecular formula is C15H17N3O3. The molecule has 1 N–H and O–H groups in total. The Bertz CT molecular complexity index is 646. The second-order valence-corrected chi connectivity index (χ2v) is 4.73. The number of aromatic nitrogens is 2. The smallest absolute Gasteiger partial charge is 0.231 e. The topological polar surface area (TPSA) is 65.5 Å². The zero-order chi connectivity index (χ0) is 14.7. The maximum Gasteiger partial charge on any atom is 0.231 e. The van der Waals surface area contributed by atoms with Gasteiger partial charge in [0.15, 0.2) is 11.5 Å². The lowest BCUT2D eigenvalue weighted by Crippen LogP contribution is -2.14. The highest BCUT2D eigenvalue weighted by Crippen LogP contribution is 2.41. The summed E-state index contributed by atoms with van der Waals surface area (Å²) in [6.07, 6.45) is 1.77. The molecule has 0 fully saturated rings. The molecule has 3 rings (SSSR count). The van der Waals surface area contributed by atoms with Crippen molar-refractivity contribution in [2.75, 3.05) is 13.9 Å². The van der Waals surface area contributed by atoms with E-state index >= 15 is 0 Å². The molecule has 2 aromatic rings. The van der Waals surface area contributed by atoms with Gasteiger partial charge in [0.25, 0.3) is 0 Å². The Morgan fingerprint density at radius 2 is 2.19 bits per heavy atom. The summed E-state index contributed by atoms with van der Waals surface area (Å²) < 4.78 is 16.1. The number of nitrogens with one attached hydrogen (secondary N) is 1. The van der Waals surface area contributed by atoms with Crippen LogP contribution in [0.3, 0.4) is 0 Å². The van der Waals surface area contributed by atoms with Gasteiger partial charge in [-0.15, -0.1) is 0 Å². The Kier molecular flexibility index (Phi) is 3.87. The van der Waals surface area contributed by atoms with E-state index in [0.29, 0.717) is 24.6 Å². The van der Waals surface area contributed by atoms with E-state index in [9.17, 15) is 0 Å². The Morgan fingerprint density at radius 1 is 1.29 bits per heavy atom. The van der Waals surface area contributed by atoms with E-state index in [4.69, 9.17) is 14.2 Å². The Balaban J connectivity index is 1.66. The van der Waals surface area contributed by atoms with Crippen LogP contribution >= 0.6 is 0 Å². The number of ether oxygens (including phenoxy) is 3. The van der Waals surface area contributed by atoms with Crippen LogP contribution in [0, 0.1) is 6.92 Å². The van der Waals surface area contributed by atoms with Crippen LogP contribution < -0.4 is 19.5 Å². The minimum absolute atomic E-state index is 0.239. The molecule has 1 aromatic heterocycles. The second kappa shape index (κ2) is 5.97. The molecule has 0 aliphatic carbocycles. The van der Waals surface area contributed by atoms with Gasteiger partial charge in [0, 0.05) is 19.3 Å². The van der Waals surface area contributed by atoms with Gasteiger partial charge >= 0.3 is 0 Å². The average molecular weight is 287 g/mol. The van der Waals surface area contributed by atoms with E-state index in [1.807, 2.05) is 25.1 Å². The van der Waals surface area contributed by atoms with Gasteiger partial charge in [-0.05, 0) is 30.7 Å². The van der Waals surface area contributed by atoms with Gasteiger partial charge < -0.3 is 19.5 Å². The monoisotopic (exact) mass is 287 g/mol. The third-order valence-electron chi connectivity index (χ3n) is 3.19. The Labute approximate surface area is 123 Å². The van der Waals surface area contributed by atoms with Crippen LogP contribution in [-0.2, 0) is 13.1 Å². The molecule has 0 saturated heterocycles. The maximum atomic E-state index is 5.41. The molecule has 6 heteroatoms. The highest BCUT2D eigenvalue weighted by molar-refractivity contribution is 5.55. The van der Waals surface area contributed by atoms with Crippen LogP contribution in [0.15, 0.2) is 24.4 Å². The summed E-state index contributed by atoms with van der Waals surface area (Å²) in [5, 5.41) is 3.35. The highest BCUT2D eigenvalue weighted by atomic mass is 16.7. The van der Waals surface area contributed by atoms with E-state index in [2.05, 4.69) is 15.3 Å². The third kappa shape index (κ3) is 3.05. The lowest BCUT2D eigenvalue weighted by Gasteiger charge is -2.09. The Morgan fingerprint density at radius 3 is 3.00 bits per heavy atom. The number of methoxy groups -OCH3 is 1. The predicted molar refractivity (Wildman–Crippen MR) is 76.4 cm³/mol. The molecule has 1 aliphatic rings. The summed E-state index contributed by atoms with van der Waals surface area (Å²) in [6, 6.07) is 5.81. The normalized spacial score (nSPS) is 12.5. The van der Waals surface area contributed by atoms with Crippen LogP contribution in [-0.4, -0.2) is 23.9 Å². The quantitative estimate of drug-likeness (QED) is 0.904. The van der Waals surface area contributed by atoms with E-state index < -0.39 is 0 Å². The van der Waals surface area contributed by atoms with Gasteiger partial charge in [0.2, 0.25) is 12.5 Å². The standard InChI is InChI=1S/C15H17N3O3/c1-10-17-4-3-12(18-10)8-16-7-11-5-13(19-2)15-14(6-11)20-9-21-15/h3-6,16H,7-9H2,1-2H3. The molecule has 1 aromatic carbocycles. The molecule has 2 heterocycles. The molecule has 0 unspecified atom stereocenters. The van der Waals surface area contributed by atoms with Crippen LogP contribution in [0.1, 0.15) is 17.1 Å². The number of aryl methyl sites for hydroxylation is 1. The summed E-state index contributed by atoms with van der Waals surface area (Å²) in [6.45, 7) is 3.49. The number of fused-ring (bicyclic) bond motifs is 1.